The van der Waals surface area contributed by atoms with Crippen molar-refractivity contribution in [1.29, 1.82) is 0 Å². The van der Waals surface area contributed by atoms with Gasteiger partial charge in [-0.1, -0.05) is 24.3 Å². The van der Waals surface area contributed by atoms with Crippen LogP contribution in [-0.2, 0) is 26.3 Å². The van der Waals surface area contributed by atoms with E-state index in [2.05, 4.69) is 0 Å². The first-order valence-corrected chi connectivity index (χ1v) is 5.90. The lowest BCUT2D eigenvalue weighted by Gasteiger charge is -2.19. The normalized spacial score (nSPS) is 24.7. The number of ether oxygens (including phenoxy) is 1. The van der Waals surface area contributed by atoms with Crippen molar-refractivity contribution in [2.45, 2.75) is 18.4 Å². The van der Waals surface area contributed by atoms with Crippen molar-refractivity contribution in [3.8, 4) is 0 Å². The molecule has 1 N–H and O–H groups in total. The first kappa shape index (κ1) is 11.7. The molecule has 6 heteroatoms. The second-order valence-corrected chi connectivity index (χ2v) is 4.64. The Hall–Kier alpha value is -2.37. The fraction of sp³-hybridized carbons (Fsp3) is 0.308. The molecule has 1 heterocycles. The molecule has 19 heavy (non-hydrogen) atoms. The fourth-order valence-electron chi connectivity index (χ4n) is 2.73. The highest BCUT2D eigenvalue weighted by Gasteiger charge is 2.58. The Morgan fingerprint density at radius 1 is 1.37 bits per heavy atom. The molecule has 1 aliphatic heterocycles. The molecule has 1 aromatic carbocycles. The van der Waals surface area contributed by atoms with Crippen molar-refractivity contribution in [3.63, 3.8) is 0 Å². The summed E-state index contributed by atoms with van der Waals surface area (Å²) in [5.74, 6) is -1.82. The number of carboxylic acids is 1. The lowest BCUT2D eigenvalue weighted by molar-refractivity contribution is -0.144. The molecule has 2 aliphatic rings. The molecule has 98 valence electrons. The molecular formula is C13H11NO5. The predicted molar refractivity (Wildman–Crippen MR) is 62.3 cm³/mol. The summed E-state index contributed by atoms with van der Waals surface area (Å²) in [7, 11) is 0. The first-order chi connectivity index (χ1) is 9.04. The van der Waals surface area contributed by atoms with Crippen LogP contribution >= 0.6 is 0 Å². The van der Waals surface area contributed by atoms with Crippen LogP contribution < -0.4 is 0 Å². The highest BCUT2D eigenvalue weighted by atomic mass is 16.6. The number of rotatable bonds is 2. The van der Waals surface area contributed by atoms with Crippen LogP contribution in [0.3, 0.4) is 0 Å². The third kappa shape index (κ3) is 1.53. The lowest BCUT2D eigenvalue weighted by atomic mass is 9.95. The second kappa shape index (κ2) is 3.81. The second-order valence-electron chi connectivity index (χ2n) is 4.64. The Labute approximate surface area is 108 Å². The standard InChI is InChI=1S/C13H11NO5/c15-10(16)7-14-11(17)13(19-12(14)18)6-5-8-3-1-2-4-9(8)13/h1-4H,5-7H2,(H,15,16). The number of carbonyl (C=O) groups excluding carboxylic acids is 2. The van der Waals surface area contributed by atoms with Crippen LogP contribution in [0.15, 0.2) is 24.3 Å². The molecule has 0 radical (unpaired) electrons. The maximum Gasteiger partial charge on any atom is 0.418 e. The minimum absolute atomic E-state index is 0.368. The van der Waals surface area contributed by atoms with E-state index in [1.165, 1.54) is 0 Å². The van der Waals surface area contributed by atoms with Crippen molar-refractivity contribution in [3.05, 3.63) is 35.4 Å². The lowest BCUT2D eigenvalue weighted by Crippen LogP contribution is -2.39. The van der Waals surface area contributed by atoms with E-state index in [0.29, 0.717) is 23.3 Å². The van der Waals surface area contributed by atoms with Crippen LogP contribution in [0.2, 0.25) is 0 Å². The number of fused-ring (bicyclic) bond motifs is 2. The quantitative estimate of drug-likeness (QED) is 0.854. The largest absolute Gasteiger partial charge is 0.480 e. The number of aliphatic carboxylic acids is 1. The number of benzene rings is 1. The SMILES string of the molecule is O=C(O)CN1C(=O)OC2(CCc3ccccc32)C1=O. The summed E-state index contributed by atoms with van der Waals surface area (Å²) >= 11 is 0. The minimum atomic E-state index is -1.32. The van der Waals surface area contributed by atoms with Gasteiger partial charge in [-0.15, -0.1) is 0 Å². The molecule has 1 atom stereocenters. The topological polar surface area (TPSA) is 83.9 Å². The Morgan fingerprint density at radius 2 is 2.11 bits per heavy atom. The number of carboxylic acid groups (broad SMARTS) is 1. The smallest absolute Gasteiger partial charge is 0.418 e. The van der Waals surface area contributed by atoms with Gasteiger partial charge in [-0.3, -0.25) is 9.59 Å². The average Bonchev–Trinajstić information content (AvgIpc) is 2.85. The van der Waals surface area contributed by atoms with Gasteiger partial charge < -0.3 is 9.84 Å². The van der Waals surface area contributed by atoms with Gasteiger partial charge in [0.25, 0.3) is 5.91 Å². The van der Waals surface area contributed by atoms with Gasteiger partial charge in [0.1, 0.15) is 6.54 Å². The van der Waals surface area contributed by atoms with Crippen molar-refractivity contribution in [2.75, 3.05) is 6.54 Å². The number of hydrogen-bond donors (Lipinski definition) is 1. The van der Waals surface area contributed by atoms with Crippen LogP contribution in [0.1, 0.15) is 17.5 Å². The van der Waals surface area contributed by atoms with E-state index in [0.717, 1.165) is 5.56 Å². The zero-order chi connectivity index (χ0) is 13.6. The van der Waals surface area contributed by atoms with Crippen molar-refractivity contribution in [1.82, 2.24) is 4.90 Å². The summed E-state index contributed by atoms with van der Waals surface area (Å²) < 4.78 is 5.24. The van der Waals surface area contributed by atoms with Gasteiger partial charge in [0.2, 0.25) is 5.60 Å². The molecule has 1 aromatic rings. The number of imide groups is 1. The molecule has 3 rings (SSSR count). The summed E-state index contributed by atoms with van der Waals surface area (Å²) in [5.41, 5.74) is 0.311. The molecule has 1 spiro atoms. The molecule has 0 bridgehead atoms. The summed E-state index contributed by atoms with van der Waals surface area (Å²) in [6.45, 7) is -0.665. The number of carbonyl (C=O) groups is 3. The van der Waals surface area contributed by atoms with E-state index in [9.17, 15) is 14.4 Å². The first-order valence-electron chi connectivity index (χ1n) is 5.90. The highest BCUT2D eigenvalue weighted by molar-refractivity contribution is 6.05. The number of hydrogen-bond acceptors (Lipinski definition) is 4. The Kier molecular flexibility index (Phi) is 2.35. The number of nitrogens with zero attached hydrogens (tertiary/aromatic N) is 1. The summed E-state index contributed by atoms with van der Waals surface area (Å²) in [5, 5.41) is 8.73. The monoisotopic (exact) mass is 261 g/mol. The zero-order valence-electron chi connectivity index (χ0n) is 9.96. The average molecular weight is 261 g/mol. The van der Waals surface area contributed by atoms with E-state index in [1.807, 2.05) is 12.1 Å². The van der Waals surface area contributed by atoms with Crippen molar-refractivity contribution >= 4 is 18.0 Å². The fourth-order valence-corrected chi connectivity index (χ4v) is 2.73. The van der Waals surface area contributed by atoms with Crippen molar-refractivity contribution < 1.29 is 24.2 Å². The predicted octanol–water partition coefficient (Wildman–Crippen LogP) is 0.892. The van der Waals surface area contributed by atoms with Gasteiger partial charge in [0.15, 0.2) is 0 Å². The van der Waals surface area contributed by atoms with Gasteiger partial charge in [0, 0.05) is 12.0 Å². The maximum absolute atomic E-state index is 12.4. The van der Waals surface area contributed by atoms with Gasteiger partial charge in [-0.05, 0) is 12.0 Å². The van der Waals surface area contributed by atoms with Gasteiger partial charge >= 0.3 is 12.1 Å². The van der Waals surface area contributed by atoms with Gasteiger partial charge in [-0.25, -0.2) is 9.69 Å². The zero-order valence-corrected chi connectivity index (χ0v) is 9.96. The van der Waals surface area contributed by atoms with E-state index < -0.39 is 30.1 Å². The van der Waals surface area contributed by atoms with Crippen LogP contribution in [0.5, 0.6) is 0 Å². The maximum atomic E-state index is 12.4. The van der Waals surface area contributed by atoms with E-state index in [4.69, 9.17) is 9.84 Å². The molecule has 1 fully saturated rings. The van der Waals surface area contributed by atoms with Crippen LogP contribution in [0.25, 0.3) is 0 Å². The minimum Gasteiger partial charge on any atom is -0.480 e. The van der Waals surface area contributed by atoms with Crippen LogP contribution in [-0.4, -0.2) is 34.5 Å². The van der Waals surface area contributed by atoms with Crippen molar-refractivity contribution in [2.24, 2.45) is 0 Å². The van der Waals surface area contributed by atoms with Gasteiger partial charge in [0.05, 0.1) is 0 Å². The molecule has 0 aromatic heterocycles. The van der Waals surface area contributed by atoms with Gasteiger partial charge in [-0.2, -0.15) is 0 Å². The third-order valence-corrected chi connectivity index (χ3v) is 3.56. The van der Waals surface area contributed by atoms with E-state index in [-0.39, 0.29) is 0 Å². The molecule has 1 unspecified atom stereocenters. The molecular weight excluding hydrogens is 250 g/mol. The molecule has 6 nitrogen and oxygen atoms in total. The third-order valence-electron chi connectivity index (χ3n) is 3.56. The molecule has 1 saturated heterocycles. The Balaban J connectivity index is 2.02. The molecule has 2 amide bonds. The highest BCUT2D eigenvalue weighted by Crippen LogP contribution is 2.44. The van der Waals surface area contributed by atoms with Crippen LogP contribution in [0.4, 0.5) is 4.79 Å². The Bertz CT molecular complexity index is 596. The molecule has 0 saturated carbocycles. The summed E-state index contributed by atoms with van der Waals surface area (Å²) in [6, 6.07) is 7.25. The molecule has 1 aliphatic carbocycles. The summed E-state index contributed by atoms with van der Waals surface area (Å²) in [4.78, 5) is 35.4. The van der Waals surface area contributed by atoms with E-state index in [1.54, 1.807) is 12.1 Å². The number of amides is 2. The number of aryl methyl sites for hydroxylation is 1. The summed E-state index contributed by atoms with van der Waals surface area (Å²) in [6.07, 6.45) is 0.118. The van der Waals surface area contributed by atoms with Crippen LogP contribution in [0, 0.1) is 0 Å². The van der Waals surface area contributed by atoms with E-state index >= 15 is 0 Å². The Morgan fingerprint density at radius 3 is 2.84 bits per heavy atom.